The normalized spacial score (nSPS) is 9.78. The Kier molecular flexibility index (Phi) is 7.75. The molecule has 0 saturated heterocycles. The third-order valence-electron chi connectivity index (χ3n) is 3.60. The summed E-state index contributed by atoms with van der Waals surface area (Å²) >= 11 is 0. The van der Waals surface area contributed by atoms with Crippen molar-refractivity contribution in [2.45, 2.75) is 13.2 Å². The molecule has 0 heterocycles. The van der Waals surface area contributed by atoms with E-state index in [0.717, 1.165) is 0 Å². The lowest BCUT2D eigenvalue weighted by molar-refractivity contribution is 0.0681. The van der Waals surface area contributed by atoms with Gasteiger partial charge in [-0.1, -0.05) is 60.7 Å². The maximum absolute atomic E-state index is 10.3. The maximum atomic E-state index is 10.3. The van der Waals surface area contributed by atoms with E-state index in [2.05, 4.69) is 24.3 Å². The van der Waals surface area contributed by atoms with Crippen molar-refractivity contribution in [1.82, 2.24) is 0 Å². The minimum atomic E-state index is -1.06. The van der Waals surface area contributed by atoms with Crippen LogP contribution in [0, 0.1) is 0 Å². The van der Waals surface area contributed by atoms with Crippen LogP contribution < -0.4 is 0 Å². The molecule has 0 atom stereocenters. The highest BCUT2D eigenvalue weighted by atomic mass is 16.5. The second-order valence-corrected chi connectivity index (χ2v) is 5.65. The molecule has 0 bridgehead atoms. The summed E-state index contributed by atoms with van der Waals surface area (Å²) in [5.41, 5.74) is 2.60. The molecule has 5 heteroatoms. The van der Waals surface area contributed by atoms with E-state index >= 15 is 0 Å². The van der Waals surface area contributed by atoms with Crippen LogP contribution in [0.3, 0.4) is 0 Å². The van der Waals surface area contributed by atoms with Crippen molar-refractivity contribution in [1.29, 1.82) is 0 Å². The molecule has 0 saturated carbocycles. The molecule has 0 spiro atoms. The zero-order valence-corrected chi connectivity index (χ0v) is 14.6. The minimum Gasteiger partial charge on any atom is -0.478 e. The summed E-state index contributed by atoms with van der Waals surface area (Å²) in [5, 5.41) is 16.9. The summed E-state index contributed by atoms with van der Waals surface area (Å²) in [6.07, 6.45) is 0. The highest BCUT2D eigenvalue weighted by Crippen LogP contribution is 2.05. The Morgan fingerprint density at radius 3 is 1.22 bits per heavy atom. The number of carboxylic acid groups (broad SMARTS) is 2. The fourth-order valence-corrected chi connectivity index (χ4v) is 2.19. The van der Waals surface area contributed by atoms with Gasteiger partial charge in [0.05, 0.1) is 24.3 Å². The van der Waals surface area contributed by atoms with E-state index in [-0.39, 0.29) is 11.1 Å². The summed E-state index contributed by atoms with van der Waals surface area (Å²) < 4.78 is 5.61. The molecule has 0 amide bonds. The van der Waals surface area contributed by atoms with E-state index in [4.69, 9.17) is 14.9 Å². The topological polar surface area (TPSA) is 83.8 Å². The fraction of sp³-hybridized carbons (Fsp3) is 0.0909. The standard InChI is InChI=1S/C14H14O.C8H6O4/c1-3-7-13(8-4-1)11-15-12-14-9-5-2-6-10-14;9-7(10)5-1-2-6(4-3-5)8(11)12/h1-10H,11-12H2;1-4H,(H,9,10)(H,11,12). The van der Waals surface area contributed by atoms with Crippen LogP contribution in [0.5, 0.6) is 0 Å². The number of carboxylic acids is 2. The quantitative estimate of drug-likeness (QED) is 0.673. The van der Waals surface area contributed by atoms with Crippen molar-refractivity contribution < 1.29 is 24.5 Å². The van der Waals surface area contributed by atoms with Crippen molar-refractivity contribution in [3.05, 3.63) is 107 Å². The molecule has 3 aromatic rings. The summed E-state index contributed by atoms with van der Waals surface area (Å²) in [4.78, 5) is 20.7. The number of aromatic carboxylic acids is 2. The van der Waals surface area contributed by atoms with Gasteiger partial charge in [-0.05, 0) is 35.4 Å². The van der Waals surface area contributed by atoms with Crippen molar-refractivity contribution >= 4 is 11.9 Å². The van der Waals surface area contributed by atoms with Gasteiger partial charge in [-0.15, -0.1) is 0 Å². The minimum absolute atomic E-state index is 0.0833. The Labute approximate surface area is 157 Å². The average Bonchev–Trinajstić information content (AvgIpc) is 2.70. The van der Waals surface area contributed by atoms with Crippen molar-refractivity contribution in [3.8, 4) is 0 Å². The molecule has 0 fully saturated rings. The molecule has 3 rings (SSSR count). The molecule has 0 aliphatic carbocycles. The molecule has 2 N–H and O–H groups in total. The molecule has 138 valence electrons. The zero-order chi connectivity index (χ0) is 19.5. The van der Waals surface area contributed by atoms with Gasteiger partial charge in [-0.25, -0.2) is 9.59 Å². The molecule has 0 aliphatic rings. The Hall–Kier alpha value is -3.44. The molecule has 27 heavy (non-hydrogen) atoms. The fourth-order valence-electron chi connectivity index (χ4n) is 2.19. The molecular weight excluding hydrogens is 344 g/mol. The van der Waals surface area contributed by atoms with Gasteiger partial charge in [-0.2, -0.15) is 0 Å². The largest absolute Gasteiger partial charge is 0.478 e. The monoisotopic (exact) mass is 364 g/mol. The van der Waals surface area contributed by atoms with Gasteiger partial charge in [0.25, 0.3) is 0 Å². The van der Waals surface area contributed by atoms with Gasteiger partial charge in [0.2, 0.25) is 0 Å². The molecule has 3 aromatic carbocycles. The molecule has 0 aliphatic heterocycles. The molecule has 0 unspecified atom stereocenters. The van der Waals surface area contributed by atoms with E-state index in [1.54, 1.807) is 0 Å². The predicted octanol–water partition coefficient (Wildman–Crippen LogP) is 4.49. The number of hydrogen-bond donors (Lipinski definition) is 2. The van der Waals surface area contributed by atoms with Crippen LogP contribution in [0.1, 0.15) is 31.8 Å². The van der Waals surface area contributed by atoms with Gasteiger partial charge in [-0.3, -0.25) is 0 Å². The van der Waals surface area contributed by atoms with Gasteiger partial charge < -0.3 is 14.9 Å². The summed E-state index contributed by atoms with van der Waals surface area (Å²) in [5.74, 6) is -2.13. The third kappa shape index (κ3) is 7.13. The second kappa shape index (κ2) is 10.5. The van der Waals surface area contributed by atoms with E-state index in [1.807, 2.05) is 36.4 Å². The van der Waals surface area contributed by atoms with Crippen LogP contribution in [0.2, 0.25) is 0 Å². The van der Waals surface area contributed by atoms with Crippen LogP contribution in [0.4, 0.5) is 0 Å². The Balaban J connectivity index is 0.000000199. The van der Waals surface area contributed by atoms with Crippen LogP contribution >= 0.6 is 0 Å². The van der Waals surface area contributed by atoms with Crippen LogP contribution in [-0.2, 0) is 18.0 Å². The molecule has 5 nitrogen and oxygen atoms in total. The highest BCUT2D eigenvalue weighted by molar-refractivity contribution is 5.91. The second-order valence-electron chi connectivity index (χ2n) is 5.65. The summed E-state index contributed by atoms with van der Waals surface area (Å²) in [6, 6.07) is 25.5. The van der Waals surface area contributed by atoms with Crippen LogP contribution in [0.15, 0.2) is 84.9 Å². The van der Waals surface area contributed by atoms with E-state index < -0.39 is 11.9 Å². The zero-order valence-electron chi connectivity index (χ0n) is 14.6. The van der Waals surface area contributed by atoms with Gasteiger partial charge in [0, 0.05) is 0 Å². The lowest BCUT2D eigenvalue weighted by Crippen LogP contribution is -1.99. The lowest BCUT2D eigenvalue weighted by atomic mass is 10.1. The number of rotatable bonds is 6. The van der Waals surface area contributed by atoms with Crippen LogP contribution in [0.25, 0.3) is 0 Å². The molecule has 0 aromatic heterocycles. The van der Waals surface area contributed by atoms with Crippen molar-refractivity contribution in [2.75, 3.05) is 0 Å². The maximum Gasteiger partial charge on any atom is 0.335 e. The number of hydrogen-bond acceptors (Lipinski definition) is 3. The van der Waals surface area contributed by atoms with E-state index in [9.17, 15) is 9.59 Å². The third-order valence-corrected chi connectivity index (χ3v) is 3.60. The number of ether oxygens (including phenoxy) is 1. The number of benzene rings is 3. The lowest BCUT2D eigenvalue weighted by Gasteiger charge is -2.03. The molecular formula is C22H20O5. The van der Waals surface area contributed by atoms with Crippen molar-refractivity contribution in [2.24, 2.45) is 0 Å². The first-order valence-electron chi connectivity index (χ1n) is 8.28. The highest BCUT2D eigenvalue weighted by Gasteiger charge is 2.04. The first-order valence-corrected chi connectivity index (χ1v) is 8.28. The Morgan fingerprint density at radius 1 is 0.593 bits per heavy atom. The predicted molar refractivity (Wildman–Crippen MR) is 102 cm³/mol. The van der Waals surface area contributed by atoms with E-state index in [0.29, 0.717) is 13.2 Å². The van der Waals surface area contributed by atoms with E-state index in [1.165, 1.54) is 35.4 Å². The Bertz CT molecular complexity index is 770. The first-order chi connectivity index (χ1) is 13.1. The van der Waals surface area contributed by atoms with Crippen LogP contribution in [-0.4, -0.2) is 22.2 Å². The summed E-state index contributed by atoms with van der Waals surface area (Å²) in [7, 11) is 0. The van der Waals surface area contributed by atoms with Crippen molar-refractivity contribution in [3.63, 3.8) is 0 Å². The van der Waals surface area contributed by atoms with Gasteiger partial charge in [0.15, 0.2) is 0 Å². The molecule has 0 radical (unpaired) electrons. The SMILES string of the molecule is O=C(O)c1ccc(C(=O)O)cc1.c1ccc(COCc2ccccc2)cc1. The Morgan fingerprint density at radius 2 is 0.926 bits per heavy atom. The smallest absolute Gasteiger partial charge is 0.335 e. The van der Waals surface area contributed by atoms with Gasteiger partial charge in [0.1, 0.15) is 0 Å². The van der Waals surface area contributed by atoms with Gasteiger partial charge >= 0.3 is 11.9 Å². The first kappa shape index (κ1) is 19.9. The summed E-state index contributed by atoms with van der Waals surface area (Å²) in [6.45, 7) is 1.35. The number of carbonyl (C=O) groups is 2. The average molecular weight is 364 g/mol.